The van der Waals surface area contributed by atoms with E-state index >= 15 is 0 Å². The van der Waals surface area contributed by atoms with E-state index < -0.39 is 5.97 Å². The highest BCUT2D eigenvalue weighted by molar-refractivity contribution is 7.22. The van der Waals surface area contributed by atoms with Gasteiger partial charge in [-0.25, -0.2) is 9.78 Å². The minimum atomic E-state index is -0.470. The summed E-state index contributed by atoms with van der Waals surface area (Å²) >= 11 is 1.35. The van der Waals surface area contributed by atoms with Crippen LogP contribution >= 0.6 is 11.3 Å². The number of furan rings is 1. The summed E-state index contributed by atoms with van der Waals surface area (Å²) in [6.07, 6.45) is 2.98. The summed E-state index contributed by atoms with van der Waals surface area (Å²) in [5.74, 6) is -0.351. The van der Waals surface area contributed by atoms with Gasteiger partial charge in [-0.3, -0.25) is 4.79 Å². The van der Waals surface area contributed by atoms with E-state index in [0.29, 0.717) is 22.0 Å². The maximum atomic E-state index is 13.2. The number of aromatic nitrogens is 1. The number of amides is 1. The van der Waals surface area contributed by atoms with Crippen molar-refractivity contribution >= 4 is 44.8 Å². The van der Waals surface area contributed by atoms with Crippen molar-refractivity contribution in [3.05, 3.63) is 83.8 Å². The second kappa shape index (κ2) is 8.07. The molecule has 0 bridgehead atoms. The lowest BCUT2D eigenvalue weighted by molar-refractivity contribution is 0.0600. The number of rotatable bonds is 5. The van der Waals surface area contributed by atoms with Crippen LogP contribution in [0.3, 0.4) is 0 Å². The molecule has 0 spiro atoms. The Balaban J connectivity index is 1.70. The van der Waals surface area contributed by atoms with Crippen molar-refractivity contribution in [3.8, 4) is 0 Å². The summed E-state index contributed by atoms with van der Waals surface area (Å²) in [5.41, 5.74) is 1.49. The molecule has 0 saturated carbocycles. The van der Waals surface area contributed by atoms with Crippen molar-refractivity contribution in [1.29, 1.82) is 0 Å². The molecule has 7 nitrogen and oxygen atoms in total. The molecule has 0 aliphatic rings. The summed E-state index contributed by atoms with van der Waals surface area (Å²) in [6.45, 7) is 0. The molecule has 8 heteroatoms. The molecule has 0 fully saturated rings. The van der Waals surface area contributed by atoms with E-state index in [2.05, 4.69) is 10.1 Å². The number of benzene rings is 2. The fourth-order valence-electron chi connectivity index (χ4n) is 2.61. The Kier molecular flexibility index (Phi) is 5.17. The Hall–Kier alpha value is -3.78. The van der Waals surface area contributed by atoms with E-state index in [9.17, 15) is 9.59 Å². The van der Waals surface area contributed by atoms with Gasteiger partial charge >= 0.3 is 5.97 Å². The maximum absolute atomic E-state index is 13.2. The number of hydrogen-bond donors (Lipinski definition) is 0. The molecular weight excluding hydrogens is 390 g/mol. The van der Waals surface area contributed by atoms with Crippen LogP contribution in [0, 0.1) is 0 Å². The molecule has 4 rings (SSSR count). The number of carbonyl (C=O) groups excluding carboxylic acids is 2. The molecule has 0 aliphatic carbocycles. The average Bonchev–Trinajstić information content (AvgIpc) is 3.43. The fourth-order valence-corrected chi connectivity index (χ4v) is 3.53. The standard InChI is InChI=1S/C21H15N3O4S/c1-27-20(26)15-10-8-14(9-11-15)19(25)24(22-13-16-5-4-12-28-16)21-23-17-6-2-3-7-18(17)29-21/h2-13H,1H3/b22-13-. The second-order valence-corrected chi connectivity index (χ2v) is 6.92. The van der Waals surface area contributed by atoms with Crippen molar-refractivity contribution in [3.63, 3.8) is 0 Å². The normalized spacial score (nSPS) is 11.1. The minimum Gasteiger partial charge on any atom is -0.465 e. The predicted octanol–water partition coefficient (Wildman–Crippen LogP) is 4.36. The van der Waals surface area contributed by atoms with Gasteiger partial charge in [0.15, 0.2) is 0 Å². The number of methoxy groups -OCH3 is 1. The first-order valence-corrected chi connectivity index (χ1v) is 9.43. The van der Waals surface area contributed by atoms with Gasteiger partial charge in [-0.1, -0.05) is 23.5 Å². The maximum Gasteiger partial charge on any atom is 0.337 e. The highest BCUT2D eigenvalue weighted by Gasteiger charge is 2.21. The number of esters is 1. The molecule has 0 aliphatic heterocycles. The number of para-hydroxylation sites is 1. The number of nitrogens with zero attached hydrogens (tertiary/aromatic N) is 3. The van der Waals surface area contributed by atoms with Gasteiger partial charge in [0.1, 0.15) is 5.76 Å². The Morgan fingerprint density at radius 1 is 1.07 bits per heavy atom. The number of thiazole rings is 1. The number of hydrogen-bond acceptors (Lipinski definition) is 7. The van der Waals surface area contributed by atoms with E-state index in [1.54, 1.807) is 24.3 Å². The topological polar surface area (TPSA) is 85.0 Å². The largest absolute Gasteiger partial charge is 0.465 e. The molecule has 0 saturated heterocycles. The number of ether oxygens (including phenoxy) is 1. The smallest absolute Gasteiger partial charge is 0.337 e. The van der Waals surface area contributed by atoms with Crippen LogP contribution in [0.25, 0.3) is 10.2 Å². The Morgan fingerprint density at radius 3 is 2.52 bits per heavy atom. The lowest BCUT2D eigenvalue weighted by Crippen LogP contribution is -2.25. The van der Waals surface area contributed by atoms with Gasteiger partial charge in [0.05, 0.1) is 35.4 Å². The van der Waals surface area contributed by atoms with E-state index in [1.165, 1.54) is 48.1 Å². The van der Waals surface area contributed by atoms with Crippen LogP contribution in [0.1, 0.15) is 26.5 Å². The van der Waals surface area contributed by atoms with E-state index in [0.717, 1.165) is 10.2 Å². The van der Waals surface area contributed by atoms with Gasteiger partial charge in [0, 0.05) is 5.56 Å². The average molecular weight is 405 g/mol. The first-order valence-electron chi connectivity index (χ1n) is 8.61. The van der Waals surface area contributed by atoms with Crippen LogP contribution in [0.4, 0.5) is 5.13 Å². The lowest BCUT2D eigenvalue weighted by atomic mass is 10.1. The lowest BCUT2D eigenvalue weighted by Gasteiger charge is -2.13. The number of carbonyl (C=O) groups is 2. The van der Waals surface area contributed by atoms with Crippen molar-refractivity contribution in [1.82, 2.24) is 4.98 Å². The molecule has 144 valence electrons. The van der Waals surface area contributed by atoms with Gasteiger partial charge in [0.2, 0.25) is 5.13 Å². The highest BCUT2D eigenvalue weighted by atomic mass is 32.1. The molecule has 0 atom stereocenters. The molecule has 0 unspecified atom stereocenters. The van der Waals surface area contributed by atoms with Crippen LogP contribution < -0.4 is 5.01 Å². The van der Waals surface area contributed by atoms with Crippen LogP contribution in [-0.2, 0) is 4.74 Å². The molecule has 1 amide bonds. The zero-order valence-corrected chi connectivity index (χ0v) is 16.1. The molecule has 0 radical (unpaired) electrons. The SMILES string of the molecule is COC(=O)c1ccc(C(=O)N(/N=C\c2ccco2)c2nc3ccccc3s2)cc1. The first kappa shape index (κ1) is 18.6. The Morgan fingerprint density at radius 2 is 1.83 bits per heavy atom. The van der Waals surface area contributed by atoms with Crippen LogP contribution in [0.15, 0.2) is 76.4 Å². The minimum absolute atomic E-state index is 0.355. The van der Waals surface area contributed by atoms with Crippen molar-refractivity contribution in [2.45, 2.75) is 0 Å². The zero-order valence-electron chi connectivity index (χ0n) is 15.3. The molecule has 2 aromatic heterocycles. The summed E-state index contributed by atoms with van der Waals surface area (Å²) in [6, 6.07) is 17.2. The fraction of sp³-hybridized carbons (Fsp3) is 0.0476. The summed E-state index contributed by atoms with van der Waals surface area (Å²) in [5, 5.41) is 5.95. The third-order valence-electron chi connectivity index (χ3n) is 4.05. The van der Waals surface area contributed by atoms with E-state index in [-0.39, 0.29) is 5.91 Å². The van der Waals surface area contributed by atoms with Gasteiger partial charge in [-0.2, -0.15) is 10.1 Å². The molecule has 4 aromatic rings. The van der Waals surface area contributed by atoms with Crippen LogP contribution in [0.5, 0.6) is 0 Å². The van der Waals surface area contributed by atoms with E-state index in [4.69, 9.17) is 9.15 Å². The molecule has 29 heavy (non-hydrogen) atoms. The summed E-state index contributed by atoms with van der Waals surface area (Å²) in [4.78, 5) is 29.3. The first-order chi connectivity index (χ1) is 14.2. The number of anilines is 1. The molecule has 2 heterocycles. The van der Waals surface area contributed by atoms with Gasteiger partial charge < -0.3 is 9.15 Å². The highest BCUT2D eigenvalue weighted by Crippen LogP contribution is 2.30. The Labute approximate surface area is 169 Å². The van der Waals surface area contributed by atoms with Gasteiger partial charge in [-0.05, 0) is 48.5 Å². The van der Waals surface area contributed by atoms with Crippen molar-refractivity contribution in [2.75, 3.05) is 12.1 Å². The predicted molar refractivity (Wildman–Crippen MR) is 111 cm³/mol. The molecular formula is C21H15N3O4S. The number of fused-ring (bicyclic) bond motifs is 1. The molecule has 2 aromatic carbocycles. The number of hydrazone groups is 1. The van der Waals surface area contributed by atoms with Crippen LogP contribution in [-0.4, -0.2) is 30.2 Å². The summed E-state index contributed by atoms with van der Waals surface area (Å²) < 4.78 is 10.9. The van der Waals surface area contributed by atoms with Gasteiger partial charge in [0.25, 0.3) is 5.91 Å². The third kappa shape index (κ3) is 3.92. The van der Waals surface area contributed by atoms with Gasteiger partial charge in [-0.15, -0.1) is 0 Å². The Bertz CT molecular complexity index is 1150. The summed E-state index contributed by atoms with van der Waals surface area (Å²) in [7, 11) is 1.31. The quantitative estimate of drug-likeness (QED) is 0.280. The second-order valence-electron chi connectivity index (χ2n) is 5.91. The van der Waals surface area contributed by atoms with E-state index in [1.807, 2.05) is 24.3 Å². The van der Waals surface area contributed by atoms with Crippen molar-refractivity contribution in [2.24, 2.45) is 5.10 Å². The molecule has 0 N–H and O–H groups in total. The monoisotopic (exact) mass is 405 g/mol. The third-order valence-corrected chi connectivity index (χ3v) is 5.06. The zero-order chi connectivity index (χ0) is 20.2. The van der Waals surface area contributed by atoms with Crippen LogP contribution in [0.2, 0.25) is 0 Å². The van der Waals surface area contributed by atoms with Crippen molar-refractivity contribution < 1.29 is 18.7 Å².